The summed E-state index contributed by atoms with van der Waals surface area (Å²) < 4.78 is 0. The Kier molecular flexibility index (Phi) is 363. The molecule has 0 aliphatic rings. The predicted molar refractivity (Wildman–Crippen MR) is 31.7 cm³/mol. The zero-order valence-electron chi connectivity index (χ0n) is 1.72. The molecule has 5 heteroatoms. The van der Waals surface area contributed by atoms with Gasteiger partial charge in [0.2, 0.25) is 0 Å². The van der Waals surface area contributed by atoms with E-state index in [4.69, 9.17) is 0 Å². The van der Waals surface area contributed by atoms with E-state index < -0.39 is 0 Å². The van der Waals surface area contributed by atoms with Gasteiger partial charge >= 0.3 is 0 Å². The summed E-state index contributed by atoms with van der Waals surface area (Å²) in [5.74, 6) is 0. The zero-order valence-corrected chi connectivity index (χ0v) is 7.31. The van der Waals surface area contributed by atoms with Crippen molar-refractivity contribution in [2.24, 2.45) is 0 Å². The van der Waals surface area contributed by atoms with Crippen molar-refractivity contribution in [3.05, 3.63) is 0 Å². The number of rotatable bonds is 0. The van der Waals surface area contributed by atoms with Gasteiger partial charge in [-0.3, -0.25) is 0 Å². The Labute approximate surface area is 86.0 Å². The normalized spacial score (nSPS) is 0. The predicted octanol–water partition coefficient (Wildman–Crippen LogP) is 0.0815. The Hall–Kier alpha value is 2.31. The van der Waals surface area contributed by atoms with Crippen LogP contribution in [0.25, 0.3) is 0 Å². The summed E-state index contributed by atoms with van der Waals surface area (Å²) in [7, 11) is 0. The van der Waals surface area contributed by atoms with Gasteiger partial charge in [-0.25, -0.2) is 0 Å². The van der Waals surface area contributed by atoms with Crippen molar-refractivity contribution >= 4 is 45.6 Å². The first-order chi connectivity index (χ1) is 0. The van der Waals surface area contributed by atoms with Crippen LogP contribution in [-0.2, 0) is 0 Å². The van der Waals surface area contributed by atoms with Crippen LogP contribution in [0.15, 0.2) is 0 Å². The minimum atomic E-state index is 0. The van der Waals surface area contributed by atoms with Crippen LogP contribution in [-0.4, -0.2) is 8.41 Å². The quantitative estimate of drug-likeness (QED) is 0.543. The molecule has 0 aromatic rings. The number of hydrogen-bond donors (Lipinski definition) is 0. The molecule has 0 rings (SSSR count). The number of hydrogen-bond acceptors (Lipinski definition) is 0. The molecule has 0 fully saturated rings. The van der Waals surface area contributed by atoms with Crippen molar-refractivity contribution in [1.82, 2.24) is 0 Å². The van der Waals surface area contributed by atoms with E-state index in [9.17, 15) is 0 Å². The second-order valence-electron chi connectivity index (χ2n) is 0. The Morgan fingerprint density at radius 2 is 0.600 bits per heavy atom. The second-order valence-corrected chi connectivity index (χ2v) is 0. The first kappa shape index (κ1) is 54.5. The minimum Gasteiger partial charge on any atom is -0.147 e. The summed E-state index contributed by atoms with van der Waals surface area (Å²) in [4.78, 5) is 0. The number of halogens is 3. The van der Waals surface area contributed by atoms with E-state index in [-0.39, 0.29) is 87.4 Å². The van der Waals surface area contributed by atoms with Crippen molar-refractivity contribution < 1.29 is 41.7 Å². The molecule has 0 amide bonds. The summed E-state index contributed by atoms with van der Waals surface area (Å²) in [6.45, 7) is 0. The van der Waals surface area contributed by atoms with Gasteiger partial charge < -0.3 is 0 Å². The van der Waals surface area contributed by atoms with Crippen LogP contribution in [0.1, 0.15) is 0 Å². The maximum absolute atomic E-state index is 0. The van der Waals surface area contributed by atoms with Gasteiger partial charge in [-0.1, -0.05) is 0 Å². The topological polar surface area (TPSA) is 0 Å². The fourth-order valence-corrected chi connectivity index (χ4v) is 0. The minimum absolute atomic E-state index is 0. The summed E-state index contributed by atoms with van der Waals surface area (Å²) >= 11 is 0. The molecule has 0 aromatic carbocycles. The average molecular weight is 263 g/mol. The van der Waals surface area contributed by atoms with E-state index in [1.54, 1.807) is 0 Å². The molecule has 0 atom stereocenters. The van der Waals surface area contributed by atoms with E-state index >= 15 is 0 Å². The van der Waals surface area contributed by atoms with E-state index in [1.807, 2.05) is 0 Å². The van der Waals surface area contributed by atoms with E-state index in [1.165, 1.54) is 0 Å². The summed E-state index contributed by atoms with van der Waals surface area (Å²) in [5.41, 5.74) is 0. The largest absolute Gasteiger partial charge is 0.147 e. The smallest absolute Gasteiger partial charge is 0.0814 e. The van der Waals surface area contributed by atoms with Crippen LogP contribution < -0.4 is 0 Å². The molecule has 0 saturated carbocycles. The van der Waals surface area contributed by atoms with Crippen LogP contribution in [0, 0.1) is 41.7 Å². The Morgan fingerprint density at radius 1 is 0.600 bits per heavy atom. The van der Waals surface area contributed by atoms with Gasteiger partial charge in [0.25, 0.3) is 0 Å². The molecule has 0 aliphatic carbocycles. The molecule has 0 radical (unpaired) electrons. The summed E-state index contributed by atoms with van der Waals surface area (Å²) in [6.07, 6.45) is 0. The van der Waals surface area contributed by atoms with Gasteiger partial charge in [0.15, 0.2) is 0 Å². The Balaban J connectivity index is 0. The third kappa shape index (κ3) is 22.0. The second kappa shape index (κ2) is 33.3. The third-order valence-corrected chi connectivity index (χ3v) is 0. The van der Waals surface area contributed by atoms with Crippen LogP contribution in [0.3, 0.4) is 0 Å². The Morgan fingerprint density at radius 3 is 0.600 bits per heavy atom. The molecule has 0 spiro atoms. The van der Waals surface area contributed by atoms with Crippen molar-refractivity contribution in [2.45, 2.75) is 0 Å². The van der Waals surface area contributed by atoms with Crippen molar-refractivity contribution in [1.29, 1.82) is 0 Å². The van der Waals surface area contributed by atoms with Gasteiger partial charge in [-0.2, -0.15) is 0 Å². The first-order valence-corrected chi connectivity index (χ1v) is 0. The first-order valence-electron chi connectivity index (χ1n) is 0. The van der Waals surface area contributed by atoms with Crippen LogP contribution in [0.4, 0.5) is 0 Å². The Bertz CT molecular complexity index is 6.85. The van der Waals surface area contributed by atoms with Gasteiger partial charge in [-0.05, 0) is 0 Å². The maximum atomic E-state index is 0. The molecule has 34 valence electrons. The van der Waals surface area contributed by atoms with Crippen LogP contribution in [0.2, 0.25) is 0 Å². The van der Waals surface area contributed by atoms with E-state index in [2.05, 4.69) is 0 Å². The molecule has 0 nitrogen and oxygen atoms in total. The molecule has 0 N–H and O–H groups in total. The molecule has 5 heavy (non-hydrogen) atoms. The summed E-state index contributed by atoms with van der Waals surface area (Å²) in [5, 5.41) is 0. The average Bonchev–Trinajstić information content (AvgIpc) is 0. The van der Waals surface area contributed by atoms with Crippen molar-refractivity contribution in [3.8, 4) is 0 Å². The molecule has 0 bridgehead atoms. The van der Waals surface area contributed by atoms with Gasteiger partial charge in [0, 0.05) is 41.7 Å². The maximum Gasteiger partial charge on any atom is 0.0814 e. The summed E-state index contributed by atoms with van der Waals surface area (Å²) in [6, 6.07) is 0. The molecule has 0 unspecified atom stereocenters. The fourth-order valence-electron chi connectivity index (χ4n) is 0. The standard InChI is InChI=1S/BH3.Ce.3ClH/h1H3;;3*1H. The molecule has 0 aliphatic heterocycles. The molecular weight excluding hydrogens is 257 g/mol. The van der Waals surface area contributed by atoms with E-state index in [0.29, 0.717) is 0 Å². The van der Waals surface area contributed by atoms with Crippen molar-refractivity contribution in [3.63, 3.8) is 0 Å². The molecule has 0 saturated heterocycles. The van der Waals surface area contributed by atoms with Gasteiger partial charge in [-0.15, -0.1) is 37.2 Å². The van der Waals surface area contributed by atoms with Crippen LogP contribution >= 0.6 is 37.2 Å². The van der Waals surface area contributed by atoms with Crippen LogP contribution in [0.5, 0.6) is 0 Å². The monoisotopic (exact) mass is 262 g/mol. The van der Waals surface area contributed by atoms with E-state index in [0.717, 1.165) is 0 Å². The molecule has 0 heterocycles. The van der Waals surface area contributed by atoms with Gasteiger partial charge in [0.05, 0.1) is 8.41 Å². The third-order valence-electron chi connectivity index (χ3n) is 0. The SMILES string of the molecule is B.Cl.Cl.Cl.[Ce]. The van der Waals surface area contributed by atoms with Gasteiger partial charge in [0.1, 0.15) is 0 Å². The molecular formula is H6BCeCl3. The zero-order chi connectivity index (χ0) is 0. The molecule has 0 aromatic heterocycles. The van der Waals surface area contributed by atoms with Crippen molar-refractivity contribution in [2.75, 3.05) is 0 Å². The fraction of sp³-hybridized carbons (Fsp3) is 0.